The molecule has 0 amide bonds. The molecular formula is C15H17N3O. The Morgan fingerprint density at radius 2 is 2.21 bits per heavy atom. The number of aromatic nitrogens is 2. The van der Waals surface area contributed by atoms with E-state index < -0.39 is 0 Å². The first-order valence-electron chi connectivity index (χ1n) is 6.47. The van der Waals surface area contributed by atoms with E-state index in [9.17, 15) is 0 Å². The minimum Gasteiger partial charge on any atom is -0.460 e. The van der Waals surface area contributed by atoms with Gasteiger partial charge in [0.15, 0.2) is 0 Å². The first-order chi connectivity index (χ1) is 9.31. The number of hydrogen-bond donors (Lipinski definition) is 1. The number of para-hydroxylation sites is 1. The number of aryl methyl sites for hydroxylation is 1. The molecule has 0 spiro atoms. The molecule has 0 aliphatic carbocycles. The van der Waals surface area contributed by atoms with Gasteiger partial charge in [-0.2, -0.15) is 5.10 Å². The van der Waals surface area contributed by atoms with Gasteiger partial charge in [0, 0.05) is 18.6 Å². The second kappa shape index (κ2) is 5.28. The molecule has 1 N–H and O–H groups in total. The zero-order valence-electron chi connectivity index (χ0n) is 11.0. The average Bonchev–Trinajstić information content (AvgIpc) is 3.00. The van der Waals surface area contributed by atoms with Crippen LogP contribution in [-0.2, 0) is 20.0 Å². The predicted octanol–water partition coefficient (Wildman–Crippen LogP) is 2.50. The van der Waals surface area contributed by atoms with Crippen LogP contribution >= 0.6 is 0 Å². The molecule has 3 rings (SSSR count). The lowest BCUT2D eigenvalue weighted by molar-refractivity contribution is 0.515. The van der Waals surface area contributed by atoms with Crippen molar-refractivity contribution in [3.8, 4) is 0 Å². The van der Waals surface area contributed by atoms with E-state index >= 15 is 0 Å². The predicted molar refractivity (Wildman–Crippen MR) is 74.8 cm³/mol. The van der Waals surface area contributed by atoms with Crippen LogP contribution in [0.4, 0.5) is 0 Å². The quantitative estimate of drug-likeness (QED) is 0.712. The van der Waals surface area contributed by atoms with Gasteiger partial charge in [-0.05, 0) is 30.7 Å². The molecule has 2 heterocycles. The normalized spacial score (nSPS) is 11.2. The van der Waals surface area contributed by atoms with Crippen LogP contribution in [-0.4, -0.2) is 16.3 Å². The van der Waals surface area contributed by atoms with E-state index in [0.29, 0.717) is 0 Å². The lowest BCUT2D eigenvalue weighted by Crippen LogP contribution is -2.16. The molecule has 4 heteroatoms. The van der Waals surface area contributed by atoms with Gasteiger partial charge in [-0.3, -0.25) is 4.68 Å². The van der Waals surface area contributed by atoms with Crippen LogP contribution < -0.4 is 5.32 Å². The summed E-state index contributed by atoms with van der Waals surface area (Å²) >= 11 is 0. The minimum atomic E-state index is 0.759. The van der Waals surface area contributed by atoms with Gasteiger partial charge in [-0.25, -0.2) is 0 Å². The van der Waals surface area contributed by atoms with Crippen molar-refractivity contribution in [2.75, 3.05) is 6.54 Å². The van der Waals surface area contributed by atoms with Crippen molar-refractivity contribution in [2.45, 2.75) is 13.0 Å². The third-order valence-corrected chi connectivity index (χ3v) is 3.12. The SMILES string of the molecule is Cn1cc(CCNCc2cc3ccccc3o2)cn1. The first kappa shape index (κ1) is 12.0. The van der Waals surface area contributed by atoms with Crippen molar-refractivity contribution in [3.63, 3.8) is 0 Å². The van der Waals surface area contributed by atoms with E-state index in [-0.39, 0.29) is 0 Å². The molecule has 0 aliphatic rings. The maximum atomic E-state index is 5.75. The number of nitrogens with zero attached hydrogens (tertiary/aromatic N) is 2. The summed E-state index contributed by atoms with van der Waals surface area (Å²) in [5.41, 5.74) is 2.20. The second-order valence-corrected chi connectivity index (χ2v) is 4.70. The first-order valence-corrected chi connectivity index (χ1v) is 6.47. The number of hydrogen-bond acceptors (Lipinski definition) is 3. The maximum absolute atomic E-state index is 5.75. The lowest BCUT2D eigenvalue weighted by Gasteiger charge is -2.00. The van der Waals surface area contributed by atoms with Crippen molar-refractivity contribution >= 4 is 11.0 Å². The van der Waals surface area contributed by atoms with Crippen molar-refractivity contribution in [1.29, 1.82) is 0 Å². The van der Waals surface area contributed by atoms with Crippen LogP contribution in [0.2, 0.25) is 0 Å². The highest BCUT2D eigenvalue weighted by atomic mass is 16.3. The van der Waals surface area contributed by atoms with Crippen LogP contribution in [0.15, 0.2) is 47.1 Å². The van der Waals surface area contributed by atoms with Crippen LogP contribution in [0, 0.1) is 0 Å². The molecule has 0 aliphatic heterocycles. The molecule has 0 radical (unpaired) electrons. The van der Waals surface area contributed by atoms with Gasteiger partial charge in [-0.15, -0.1) is 0 Å². The fraction of sp³-hybridized carbons (Fsp3) is 0.267. The molecule has 0 saturated carbocycles. The molecule has 3 aromatic rings. The molecular weight excluding hydrogens is 238 g/mol. The van der Waals surface area contributed by atoms with Crippen LogP contribution in [0.25, 0.3) is 11.0 Å². The summed E-state index contributed by atoms with van der Waals surface area (Å²) in [6, 6.07) is 10.2. The summed E-state index contributed by atoms with van der Waals surface area (Å²) < 4.78 is 7.57. The number of fused-ring (bicyclic) bond motifs is 1. The molecule has 0 atom stereocenters. The van der Waals surface area contributed by atoms with Crippen LogP contribution in [0.1, 0.15) is 11.3 Å². The highest BCUT2D eigenvalue weighted by Gasteiger charge is 2.02. The van der Waals surface area contributed by atoms with Crippen molar-refractivity contribution in [2.24, 2.45) is 7.05 Å². The number of rotatable bonds is 5. The largest absolute Gasteiger partial charge is 0.460 e. The number of furan rings is 1. The summed E-state index contributed by atoms with van der Waals surface area (Å²) in [5, 5.41) is 8.70. The van der Waals surface area contributed by atoms with E-state index in [4.69, 9.17) is 4.42 Å². The summed E-state index contributed by atoms with van der Waals surface area (Å²) in [5.74, 6) is 0.979. The zero-order chi connectivity index (χ0) is 13.1. The second-order valence-electron chi connectivity index (χ2n) is 4.70. The fourth-order valence-corrected chi connectivity index (χ4v) is 2.17. The van der Waals surface area contributed by atoms with E-state index in [1.54, 1.807) is 0 Å². The molecule has 98 valence electrons. The molecule has 4 nitrogen and oxygen atoms in total. The standard InChI is InChI=1S/C15H17N3O/c1-18-11-12(9-17-18)6-7-16-10-14-8-13-4-2-3-5-15(13)19-14/h2-5,8-9,11,16H,6-7,10H2,1H3. The minimum absolute atomic E-state index is 0.759. The number of benzene rings is 1. The highest BCUT2D eigenvalue weighted by Crippen LogP contribution is 2.18. The van der Waals surface area contributed by atoms with Gasteiger partial charge >= 0.3 is 0 Å². The van der Waals surface area contributed by atoms with Crippen molar-refractivity contribution in [3.05, 3.63) is 54.0 Å². The molecule has 0 fully saturated rings. The van der Waals surface area contributed by atoms with Gasteiger partial charge in [-0.1, -0.05) is 18.2 Å². The average molecular weight is 255 g/mol. The fourth-order valence-electron chi connectivity index (χ4n) is 2.17. The molecule has 0 unspecified atom stereocenters. The van der Waals surface area contributed by atoms with Crippen LogP contribution in [0.5, 0.6) is 0 Å². The van der Waals surface area contributed by atoms with Gasteiger partial charge < -0.3 is 9.73 Å². The Balaban J connectivity index is 1.52. The van der Waals surface area contributed by atoms with Crippen molar-refractivity contribution in [1.82, 2.24) is 15.1 Å². The van der Waals surface area contributed by atoms with Gasteiger partial charge in [0.25, 0.3) is 0 Å². The number of nitrogens with one attached hydrogen (secondary N) is 1. The Morgan fingerprint density at radius 3 is 3.00 bits per heavy atom. The van der Waals surface area contributed by atoms with E-state index in [0.717, 1.165) is 36.2 Å². The molecule has 19 heavy (non-hydrogen) atoms. The van der Waals surface area contributed by atoms with E-state index in [1.165, 1.54) is 5.56 Å². The maximum Gasteiger partial charge on any atom is 0.134 e. The molecule has 0 saturated heterocycles. The zero-order valence-corrected chi connectivity index (χ0v) is 11.0. The van der Waals surface area contributed by atoms with Gasteiger partial charge in [0.05, 0.1) is 12.7 Å². The summed E-state index contributed by atoms with van der Waals surface area (Å²) in [6.07, 6.45) is 4.93. The molecule has 2 aromatic heterocycles. The Labute approximate surface area is 112 Å². The Hall–Kier alpha value is -2.07. The Bertz CT molecular complexity index is 636. The third kappa shape index (κ3) is 2.85. The lowest BCUT2D eigenvalue weighted by atomic mass is 10.2. The smallest absolute Gasteiger partial charge is 0.134 e. The highest BCUT2D eigenvalue weighted by molar-refractivity contribution is 5.77. The topological polar surface area (TPSA) is 43.0 Å². The third-order valence-electron chi connectivity index (χ3n) is 3.12. The molecule has 0 bridgehead atoms. The summed E-state index contributed by atoms with van der Waals surface area (Å²) in [4.78, 5) is 0. The Kier molecular flexibility index (Phi) is 3.33. The van der Waals surface area contributed by atoms with E-state index in [2.05, 4.69) is 22.5 Å². The van der Waals surface area contributed by atoms with Gasteiger partial charge in [0.1, 0.15) is 11.3 Å². The van der Waals surface area contributed by atoms with Gasteiger partial charge in [0.2, 0.25) is 0 Å². The summed E-state index contributed by atoms with van der Waals surface area (Å²) in [6.45, 7) is 1.68. The van der Waals surface area contributed by atoms with E-state index in [1.807, 2.05) is 42.3 Å². The monoisotopic (exact) mass is 255 g/mol. The summed E-state index contributed by atoms with van der Waals surface area (Å²) in [7, 11) is 1.94. The van der Waals surface area contributed by atoms with Crippen molar-refractivity contribution < 1.29 is 4.42 Å². The van der Waals surface area contributed by atoms with Crippen LogP contribution in [0.3, 0.4) is 0 Å². The Morgan fingerprint density at radius 1 is 1.32 bits per heavy atom. The molecule has 1 aromatic carbocycles.